The van der Waals surface area contributed by atoms with Gasteiger partial charge in [-0.3, -0.25) is 19.7 Å². The minimum Gasteiger partial charge on any atom is -0.493 e. The Bertz CT molecular complexity index is 648. The first-order valence-electron chi connectivity index (χ1n) is 7.41. The van der Waals surface area contributed by atoms with Crippen molar-refractivity contribution in [2.24, 2.45) is 0 Å². The summed E-state index contributed by atoms with van der Waals surface area (Å²) in [6.45, 7) is 2.02. The van der Waals surface area contributed by atoms with Crippen molar-refractivity contribution in [2.45, 2.75) is 19.4 Å². The largest absolute Gasteiger partial charge is 0.493 e. The smallest absolute Gasteiger partial charge is 0.254 e. The number of hydrogen-bond acceptors (Lipinski definition) is 6. The molecular weight excluding hydrogens is 316 g/mol. The Balaban J connectivity index is 2.40. The molecule has 8 heteroatoms. The van der Waals surface area contributed by atoms with Gasteiger partial charge in [-0.2, -0.15) is 0 Å². The predicted molar refractivity (Wildman–Crippen MR) is 84.4 cm³/mol. The topological polar surface area (TPSA) is 94.2 Å². The van der Waals surface area contributed by atoms with E-state index in [0.29, 0.717) is 17.2 Å². The van der Waals surface area contributed by atoms with Crippen molar-refractivity contribution in [1.29, 1.82) is 0 Å². The Morgan fingerprint density at radius 2 is 1.75 bits per heavy atom. The Kier molecular flexibility index (Phi) is 5.28. The summed E-state index contributed by atoms with van der Waals surface area (Å²) in [4.78, 5) is 37.5. The van der Waals surface area contributed by atoms with Crippen molar-refractivity contribution < 1.29 is 28.6 Å². The van der Waals surface area contributed by atoms with Crippen molar-refractivity contribution in [2.75, 3.05) is 27.9 Å². The third-order valence-electron chi connectivity index (χ3n) is 3.83. The molecule has 1 aromatic carbocycles. The Morgan fingerprint density at radius 1 is 1.17 bits per heavy atom. The Morgan fingerprint density at radius 3 is 2.12 bits per heavy atom. The molecule has 1 saturated heterocycles. The molecule has 2 rings (SSSR count). The van der Waals surface area contributed by atoms with Crippen LogP contribution >= 0.6 is 0 Å². The number of carbonyl (C=O) groups is 3. The number of nitrogens with one attached hydrogen (secondary N) is 1. The van der Waals surface area contributed by atoms with Crippen molar-refractivity contribution in [3.8, 4) is 17.2 Å². The van der Waals surface area contributed by atoms with E-state index in [2.05, 4.69) is 5.32 Å². The summed E-state index contributed by atoms with van der Waals surface area (Å²) in [5.74, 6) is -0.213. The number of hydrogen-bond donors (Lipinski definition) is 1. The van der Waals surface area contributed by atoms with Crippen LogP contribution in [0.15, 0.2) is 12.1 Å². The minimum atomic E-state index is -0.811. The fourth-order valence-electron chi connectivity index (χ4n) is 2.67. The maximum atomic E-state index is 12.8. The summed E-state index contributed by atoms with van der Waals surface area (Å²) in [6.07, 6.45) is -0.0389. The van der Waals surface area contributed by atoms with Gasteiger partial charge in [-0.25, -0.2) is 0 Å². The Labute approximate surface area is 139 Å². The predicted octanol–water partition coefficient (Wildman–Crippen LogP) is 0.590. The molecule has 130 valence electrons. The molecule has 0 spiro atoms. The van der Waals surface area contributed by atoms with Gasteiger partial charge in [-0.15, -0.1) is 0 Å². The van der Waals surface area contributed by atoms with Crippen LogP contribution in [-0.4, -0.2) is 56.5 Å². The van der Waals surface area contributed by atoms with E-state index >= 15 is 0 Å². The number of nitrogens with zero attached hydrogens (tertiary/aromatic N) is 1. The van der Waals surface area contributed by atoms with E-state index in [1.54, 1.807) is 6.92 Å². The van der Waals surface area contributed by atoms with E-state index in [4.69, 9.17) is 14.2 Å². The number of likely N-dealkylation sites (N-methyl/N-ethyl adjacent to an activating group) is 1. The number of benzene rings is 1. The van der Waals surface area contributed by atoms with Crippen LogP contribution in [-0.2, 0) is 9.59 Å². The fourth-order valence-corrected chi connectivity index (χ4v) is 2.67. The van der Waals surface area contributed by atoms with Crippen LogP contribution in [0.4, 0.5) is 0 Å². The zero-order chi connectivity index (χ0) is 17.9. The monoisotopic (exact) mass is 336 g/mol. The highest BCUT2D eigenvalue weighted by atomic mass is 16.5. The molecule has 1 unspecified atom stereocenters. The molecule has 1 heterocycles. The highest BCUT2D eigenvalue weighted by Crippen LogP contribution is 2.38. The number of imide groups is 1. The van der Waals surface area contributed by atoms with Gasteiger partial charge in [0.15, 0.2) is 11.5 Å². The van der Waals surface area contributed by atoms with Gasteiger partial charge in [0.05, 0.1) is 27.8 Å². The molecule has 1 fully saturated rings. The lowest BCUT2D eigenvalue weighted by molar-refractivity contribution is -0.126. The molecule has 0 radical (unpaired) electrons. The summed E-state index contributed by atoms with van der Waals surface area (Å²) in [6, 6.07) is 2.22. The number of methoxy groups -OCH3 is 3. The molecule has 1 aliphatic heterocycles. The second kappa shape index (κ2) is 7.20. The van der Waals surface area contributed by atoms with E-state index in [9.17, 15) is 14.4 Å². The Hall–Kier alpha value is -2.77. The van der Waals surface area contributed by atoms with Gasteiger partial charge < -0.3 is 19.1 Å². The molecule has 0 aromatic heterocycles. The summed E-state index contributed by atoms with van der Waals surface area (Å²) in [7, 11) is 4.37. The van der Waals surface area contributed by atoms with Gasteiger partial charge >= 0.3 is 0 Å². The van der Waals surface area contributed by atoms with Crippen molar-refractivity contribution in [3.05, 3.63) is 17.7 Å². The standard InChI is InChI=1S/C16H20N2O6/c1-5-18(10-8-13(19)17-15(10)20)16(21)9-6-11(22-2)14(24-4)12(7-9)23-3/h6-7,10H,5,8H2,1-4H3,(H,17,19,20). The molecule has 1 atom stereocenters. The second-order valence-electron chi connectivity index (χ2n) is 5.14. The highest BCUT2D eigenvalue weighted by Gasteiger charge is 2.37. The number of rotatable bonds is 6. The van der Waals surface area contributed by atoms with E-state index < -0.39 is 17.9 Å². The average Bonchev–Trinajstić information content (AvgIpc) is 2.92. The van der Waals surface area contributed by atoms with Crippen LogP contribution in [0.3, 0.4) is 0 Å². The third-order valence-corrected chi connectivity index (χ3v) is 3.83. The molecule has 3 amide bonds. The molecule has 0 saturated carbocycles. The second-order valence-corrected chi connectivity index (χ2v) is 5.14. The molecular formula is C16H20N2O6. The summed E-state index contributed by atoms with van der Waals surface area (Å²) < 4.78 is 15.7. The first-order chi connectivity index (χ1) is 11.5. The van der Waals surface area contributed by atoms with Crippen LogP contribution in [0, 0.1) is 0 Å². The minimum absolute atomic E-state index is 0.0389. The lowest BCUT2D eigenvalue weighted by Gasteiger charge is -2.26. The molecule has 1 aromatic rings. The fraction of sp³-hybridized carbons (Fsp3) is 0.438. The van der Waals surface area contributed by atoms with Gasteiger partial charge in [-0.05, 0) is 19.1 Å². The van der Waals surface area contributed by atoms with Gasteiger partial charge in [0.25, 0.3) is 5.91 Å². The third kappa shape index (κ3) is 3.12. The van der Waals surface area contributed by atoms with Crippen molar-refractivity contribution in [1.82, 2.24) is 10.2 Å². The number of amides is 3. The van der Waals surface area contributed by atoms with Crippen LogP contribution in [0.5, 0.6) is 17.2 Å². The molecule has 1 aliphatic rings. The normalized spacial score (nSPS) is 16.6. The van der Waals surface area contributed by atoms with E-state index in [1.807, 2.05) is 0 Å². The van der Waals surface area contributed by atoms with Gasteiger partial charge in [0, 0.05) is 12.1 Å². The molecule has 1 N–H and O–H groups in total. The molecule has 0 bridgehead atoms. The molecule has 8 nitrogen and oxygen atoms in total. The lowest BCUT2D eigenvalue weighted by Crippen LogP contribution is -2.44. The first-order valence-corrected chi connectivity index (χ1v) is 7.41. The summed E-state index contributed by atoms with van der Waals surface area (Å²) in [5, 5.41) is 2.21. The first kappa shape index (κ1) is 17.6. The SMILES string of the molecule is CCN(C(=O)c1cc(OC)c(OC)c(OC)c1)C1CC(=O)NC1=O. The quantitative estimate of drug-likeness (QED) is 0.764. The number of carbonyl (C=O) groups excluding carboxylic acids is 3. The summed E-state index contributed by atoms with van der Waals surface area (Å²) in [5.41, 5.74) is 0.276. The lowest BCUT2D eigenvalue weighted by atomic mass is 10.1. The van der Waals surface area contributed by atoms with E-state index in [0.717, 1.165) is 0 Å². The van der Waals surface area contributed by atoms with Gasteiger partial charge in [0.2, 0.25) is 17.6 Å². The number of ether oxygens (including phenoxy) is 3. The van der Waals surface area contributed by atoms with Crippen LogP contribution in [0.2, 0.25) is 0 Å². The van der Waals surface area contributed by atoms with Crippen molar-refractivity contribution >= 4 is 17.7 Å². The molecule has 24 heavy (non-hydrogen) atoms. The highest BCUT2D eigenvalue weighted by molar-refractivity contribution is 6.08. The van der Waals surface area contributed by atoms with Gasteiger partial charge in [0.1, 0.15) is 6.04 Å². The van der Waals surface area contributed by atoms with Crippen molar-refractivity contribution in [3.63, 3.8) is 0 Å². The maximum Gasteiger partial charge on any atom is 0.254 e. The van der Waals surface area contributed by atoms with E-state index in [-0.39, 0.29) is 24.4 Å². The van der Waals surface area contributed by atoms with Gasteiger partial charge in [-0.1, -0.05) is 0 Å². The van der Waals surface area contributed by atoms with E-state index in [1.165, 1.54) is 38.4 Å². The maximum absolute atomic E-state index is 12.8. The zero-order valence-electron chi connectivity index (χ0n) is 14.0. The van der Waals surface area contributed by atoms with Crippen LogP contribution in [0.25, 0.3) is 0 Å². The molecule has 0 aliphatic carbocycles. The average molecular weight is 336 g/mol. The summed E-state index contributed by atoms with van der Waals surface area (Å²) >= 11 is 0. The zero-order valence-corrected chi connectivity index (χ0v) is 14.0. The van der Waals surface area contributed by atoms with Crippen LogP contribution < -0.4 is 19.5 Å². The van der Waals surface area contributed by atoms with Crippen LogP contribution in [0.1, 0.15) is 23.7 Å².